The molecule has 20 heavy (non-hydrogen) atoms. The Balaban J connectivity index is 1.71. The third-order valence-corrected chi connectivity index (χ3v) is 3.34. The van der Waals surface area contributed by atoms with Gasteiger partial charge in [0.25, 0.3) is 0 Å². The van der Waals surface area contributed by atoms with Crippen LogP contribution in [-0.4, -0.2) is 20.3 Å². The maximum absolute atomic E-state index is 5.66. The van der Waals surface area contributed by atoms with Gasteiger partial charge in [-0.15, -0.1) is 0 Å². The van der Waals surface area contributed by atoms with E-state index in [2.05, 4.69) is 27.3 Å². The molecule has 0 radical (unpaired) electrons. The number of nitrogens with one attached hydrogen (secondary N) is 1. The van der Waals surface area contributed by atoms with Gasteiger partial charge >= 0.3 is 0 Å². The maximum atomic E-state index is 5.66. The Hall–Kier alpha value is -1.52. The standard InChI is InChI=1S/C16H18BrNO2/c1-19-16-8-3-2-5-13(16)12-18-9-10-20-15-7-4-6-14(17)11-15/h2-8,11,18H,9-10,12H2,1H3. The van der Waals surface area contributed by atoms with E-state index in [1.54, 1.807) is 7.11 Å². The number of hydrogen-bond acceptors (Lipinski definition) is 3. The molecule has 0 aliphatic heterocycles. The van der Waals surface area contributed by atoms with Gasteiger partial charge in [-0.2, -0.15) is 0 Å². The largest absolute Gasteiger partial charge is 0.496 e. The van der Waals surface area contributed by atoms with Crippen molar-refractivity contribution in [3.05, 3.63) is 58.6 Å². The molecule has 0 amide bonds. The molecule has 3 nitrogen and oxygen atoms in total. The monoisotopic (exact) mass is 335 g/mol. The minimum Gasteiger partial charge on any atom is -0.496 e. The van der Waals surface area contributed by atoms with E-state index in [9.17, 15) is 0 Å². The Morgan fingerprint density at radius 1 is 1.10 bits per heavy atom. The Kier molecular flexibility index (Phi) is 5.89. The summed E-state index contributed by atoms with van der Waals surface area (Å²) < 4.78 is 12.0. The SMILES string of the molecule is COc1ccccc1CNCCOc1cccc(Br)c1. The molecular weight excluding hydrogens is 318 g/mol. The number of para-hydroxylation sites is 1. The van der Waals surface area contributed by atoms with Crippen LogP contribution in [0.5, 0.6) is 11.5 Å². The first kappa shape index (κ1) is 14.9. The van der Waals surface area contributed by atoms with Gasteiger partial charge in [-0.3, -0.25) is 0 Å². The van der Waals surface area contributed by atoms with Crippen molar-refractivity contribution >= 4 is 15.9 Å². The van der Waals surface area contributed by atoms with Gasteiger partial charge < -0.3 is 14.8 Å². The molecule has 0 unspecified atom stereocenters. The summed E-state index contributed by atoms with van der Waals surface area (Å²) in [4.78, 5) is 0. The molecule has 0 aromatic heterocycles. The normalized spacial score (nSPS) is 10.3. The van der Waals surface area contributed by atoms with Crippen molar-refractivity contribution in [1.82, 2.24) is 5.32 Å². The maximum Gasteiger partial charge on any atom is 0.123 e. The van der Waals surface area contributed by atoms with E-state index in [-0.39, 0.29) is 0 Å². The van der Waals surface area contributed by atoms with E-state index >= 15 is 0 Å². The lowest BCUT2D eigenvalue weighted by Gasteiger charge is -2.10. The molecule has 2 aromatic rings. The summed E-state index contributed by atoms with van der Waals surface area (Å²) in [6.45, 7) is 2.18. The van der Waals surface area contributed by atoms with Crippen LogP contribution in [0.2, 0.25) is 0 Å². The van der Waals surface area contributed by atoms with Gasteiger partial charge in [-0.1, -0.05) is 40.2 Å². The van der Waals surface area contributed by atoms with Gasteiger partial charge in [-0.05, 0) is 24.3 Å². The zero-order valence-electron chi connectivity index (χ0n) is 11.4. The van der Waals surface area contributed by atoms with Crippen LogP contribution in [0.15, 0.2) is 53.0 Å². The summed E-state index contributed by atoms with van der Waals surface area (Å²) in [7, 11) is 1.69. The third kappa shape index (κ3) is 4.54. The van der Waals surface area contributed by atoms with Crippen LogP contribution in [0.3, 0.4) is 0 Å². The highest BCUT2D eigenvalue weighted by Gasteiger charge is 2.00. The summed E-state index contributed by atoms with van der Waals surface area (Å²) in [5, 5.41) is 3.34. The van der Waals surface area contributed by atoms with Gasteiger partial charge in [0.15, 0.2) is 0 Å². The van der Waals surface area contributed by atoms with Crippen LogP contribution in [0, 0.1) is 0 Å². The highest BCUT2D eigenvalue weighted by Crippen LogP contribution is 2.18. The Bertz CT molecular complexity index is 546. The second-order valence-electron chi connectivity index (χ2n) is 4.29. The van der Waals surface area contributed by atoms with Crippen molar-refractivity contribution in [3.8, 4) is 11.5 Å². The summed E-state index contributed by atoms with van der Waals surface area (Å²) in [5.74, 6) is 1.78. The molecule has 2 rings (SSSR count). The molecule has 106 valence electrons. The number of halogens is 1. The fourth-order valence-corrected chi connectivity index (χ4v) is 2.25. The van der Waals surface area contributed by atoms with Crippen molar-refractivity contribution < 1.29 is 9.47 Å². The minimum absolute atomic E-state index is 0.631. The summed E-state index contributed by atoms with van der Waals surface area (Å²) >= 11 is 3.42. The van der Waals surface area contributed by atoms with Gasteiger partial charge in [-0.25, -0.2) is 0 Å². The average molecular weight is 336 g/mol. The number of ether oxygens (including phenoxy) is 2. The van der Waals surface area contributed by atoms with Crippen LogP contribution >= 0.6 is 15.9 Å². The molecule has 0 spiro atoms. The predicted molar refractivity (Wildman–Crippen MR) is 84.3 cm³/mol. The zero-order chi connectivity index (χ0) is 14.2. The second-order valence-corrected chi connectivity index (χ2v) is 5.21. The first-order valence-corrected chi connectivity index (χ1v) is 7.30. The number of benzene rings is 2. The molecule has 1 N–H and O–H groups in total. The fourth-order valence-electron chi connectivity index (χ4n) is 1.87. The van der Waals surface area contributed by atoms with E-state index in [4.69, 9.17) is 9.47 Å². The highest BCUT2D eigenvalue weighted by atomic mass is 79.9. The van der Waals surface area contributed by atoms with E-state index < -0.39 is 0 Å². The molecule has 0 fully saturated rings. The highest BCUT2D eigenvalue weighted by molar-refractivity contribution is 9.10. The third-order valence-electron chi connectivity index (χ3n) is 2.85. The van der Waals surface area contributed by atoms with Gasteiger partial charge in [0.1, 0.15) is 18.1 Å². The first-order chi connectivity index (χ1) is 9.79. The number of rotatable bonds is 7. The van der Waals surface area contributed by atoms with Gasteiger partial charge in [0, 0.05) is 23.1 Å². The Morgan fingerprint density at radius 2 is 1.95 bits per heavy atom. The van der Waals surface area contributed by atoms with Crippen molar-refractivity contribution in [2.45, 2.75) is 6.54 Å². The topological polar surface area (TPSA) is 30.5 Å². The van der Waals surface area contributed by atoms with Crippen molar-refractivity contribution in [2.24, 2.45) is 0 Å². The van der Waals surface area contributed by atoms with E-state index in [0.717, 1.165) is 34.6 Å². The minimum atomic E-state index is 0.631. The van der Waals surface area contributed by atoms with Gasteiger partial charge in [0.2, 0.25) is 0 Å². The van der Waals surface area contributed by atoms with E-state index in [1.165, 1.54) is 0 Å². The Morgan fingerprint density at radius 3 is 2.75 bits per heavy atom. The molecular formula is C16H18BrNO2. The van der Waals surface area contributed by atoms with E-state index in [1.807, 2.05) is 42.5 Å². The zero-order valence-corrected chi connectivity index (χ0v) is 13.0. The summed E-state index contributed by atoms with van der Waals surface area (Å²) in [6.07, 6.45) is 0. The van der Waals surface area contributed by atoms with Crippen molar-refractivity contribution in [2.75, 3.05) is 20.3 Å². The van der Waals surface area contributed by atoms with Crippen LogP contribution < -0.4 is 14.8 Å². The molecule has 0 heterocycles. The molecule has 0 aliphatic rings. The van der Waals surface area contributed by atoms with Crippen LogP contribution in [-0.2, 0) is 6.54 Å². The molecule has 4 heteroatoms. The van der Waals surface area contributed by atoms with Crippen LogP contribution in [0.1, 0.15) is 5.56 Å². The van der Waals surface area contributed by atoms with E-state index in [0.29, 0.717) is 6.61 Å². The molecule has 0 atom stereocenters. The summed E-state index contributed by atoms with van der Waals surface area (Å²) in [5.41, 5.74) is 1.15. The lowest BCUT2D eigenvalue weighted by atomic mass is 10.2. The Labute approximate surface area is 128 Å². The van der Waals surface area contributed by atoms with Crippen LogP contribution in [0.25, 0.3) is 0 Å². The van der Waals surface area contributed by atoms with Crippen molar-refractivity contribution in [3.63, 3.8) is 0 Å². The lowest BCUT2D eigenvalue weighted by Crippen LogP contribution is -2.20. The second kappa shape index (κ2) is 7.92. The fraction of sp³-hybridized carbons (Fsp3) is 0.250. The quantitative estimate of drug-likeness (QED) is 0.784. The van der Waals surface area contributed by atoms with Crippen molar-refractivity contribution in [1.29, 1.82) is 0 Å². The predicted octanol–water partition coefficient (Wildman–Crippen LogP) is 3.63. The first-order valence-electron chi connectivity index (χ1n) is 6.50. The molecule has 0 aliphatic carbocycles. The number of methoxy groups -OCH3 is 1. The smallest absolute Gasteiger partial charge is 0.123 e. The average Bonchev–Trinajstić information content (AvgIpc) is 2.47. The summed E-state index contributed by atoms with van der Waals surface area (Å²) in [6, 6.07) is 15.9. The molecule has 2 aromatic carbocycles. The van der Waals surface area contributed by atoms with Crippen LogP contribution in [0.4, 0.5) is 0 Å². The number of hydrogen-bond donors (Lipinski definition) is 1. The molecule has 0 saturated heterocycles. The van der Waals surface area contributed by atoms with Gasteiger partial charge in [0.05, 0.1) is 7.11 Å². The lowest BCUT2D eigenvalue weighted by molar-refractivity contribution is 0.313. The molecule has 0 bridgehead atoms. The molecule has 0 saturated carbocycles.